The van der Waals surface area contributed by atoms with Gasteiger partial charge in [0.2, 0.25) is 0 Å². The molecule has 0 amide bonds. The van der Waals surface area contributed by atoms with Crippen LogP contribution < -0.4 is 5.32 Å². The number of aromatic nitrogens is 2. The summed E-state index contributed by atoms with van der Waals surface area (Å²) in [5.41, 5.74) is 2.76. The van der Waals surface area contributed by atoms with Crippen molar-refractivity contribution in [2.45, 2.75) is 32.7 Å². The average molecular weight is 334 g/mol. The standard InChI is InChI=1S/C16H20BrN3/c1-11(2)9-12-3-5-13(6-4-12)15-7-8-18-16-14(17)10-19-20(15)16/h3-6,10-11,15,18H,7-9H2,1-2H3. The minimum atomic E-state index is 0.339. The van der Waals surface area contributed by atoms with Gasteiger partial charge in [0.15, 0.2) is 0 Å². The maximum atomic E-state index is 4.49. The van der Waals surface area contributed by atoms with Crippen molar-refractivity contribution in [3.05, 3.63) is 46.1 Å². The average Bonchev–Trinajstić information content (AvgIpc) is 2.81. The smallest absolute Gasteiger partial charge is 0.139 e. The van der Waals surface area contributed by atoms with E-state index < -0.39 is 0 Å². The number of halogens is 1. The molecule has 4 heteroatoms. The zero-order valence-corrected chi connectivity index (χ0v) is 13.5. The highest BCUT2D eigenvalue weighted by Gasteiger charge is 2.23. The molecular formula is C16H20BrN3. The van der Waals surface area contributed by atoms with Gasteiger partial charge < -0.3 is 5.32 Å². The van der Waals surface area contributed by atoms with Gasteiger partial charge in [-0.15, -0.1) is 0 Å². The Bertz CT molecular complexity index is 586. The Morgan fingerprint density at radius 1 is 1.35 bits per heavy atom. The zero-order valence-electron chi connectivity index (χ0n) is 11.9. The summed E-state index contributed by atoms with van der Waals surface area (Å²) in [6.45, 7) is 5.51. The summed E-state index contributed by atoms with van der Waals surface area (Å²) < 4.78 is 3.13. The van der Waals surface area contributed by atoms with E-state index in [9.17, 15) is 0 Å². The maximum absolute atomic E-state index is 4.49. The molecule has 3 rings (SSSR count). The van der Waals surface area contributed by atoms with Gasteiger partial charge in [0.05, 0.1) is 16.7 Å². The van der Waals surface area contributed by atoms with E-state index in [1.807, 2.05) is 6.20 Å². The molecule has 0 fully saturated rings. The molecular weight excluding hydrogens is 314 g/mol. The summed E-state index contributed by atoms with van der Waals surface area (Å²) in [4.78, 5) is 0. The highest BCUT2D eigenvalue weighted by Crippen LogP contribution is 2.33. The van der Waals surface area contributed by atoms with Crippen LogP contribution in [0.2, 0.25) is 0 Å². The molecule has 1 unspecified atom stereocenters. The normalized spacial score (nSPS) is 17.9. The number of nitrogens with one attached hydrogen (secondary N) is 1. The lowest BCUT2D eigenvalue weighted by atomic mass is 9.97. The fourth-order valence-electron chi connectivity index (χ4n) is 2.85. The molecule has 106 valence electrons. The van der Waals surface area contributed by atoms with Crippen molar-refractivity contribution in [3.8, 4) is 0 Å². The third-order valence-corrected chi connectivity index (χ3v) is 4.35. The lowest BCUT2D eigenvalue weighted by Gasteiger charge is -2.26. The van der Waals surface area contributed by atoms with Gasteiger partial charge in [0.25, 0.3) is 0 Å². The molecule has 2 heterocycles. The van der Waals surface area contributed by atoms with Gasteiger partial charge >= 0.3 is 0 Å². The Labute approximate surface area is 128 Å². The molecule has 3 nitrogen and oxygen atoms in total. The quantitative estimate of drug-likeness (QED) is 0.909. The first kappa shape index (κ1) is 13.7. The number of benzene rings is 1. The summed E-state index contributed by atoms with van der Waals surface area (Å²) in [6.07, 6.45) is 4.09. The molecule has 1 aliphatic heterocycles. The van der Waals surface area contributed by atoms with E-state index in [4.69, 9.17) is 0 Å². The fourth-order valence-corrected chi connectivity index (χ4v) is 3.26. The van der Waals surface area contributed by atoms with Crippen LogP contribution in [-0.4, -0.2) is 16.3 Å². The van der Waals surface area contributed by atoms with Crippen LogP contribution in [0.4, 0.5) is 5.82 Å². The van der Waals surface area contributed by atoms with Gasteiger partial charge in [-0.3, -0.25) is 0 Å². The first-order valence-corrected chi connectivity index (χ1v) is 8.00. The molecule has 0 saturated carbocycles. The van der Waals surface area contributed by atoms with Crippen molar-refractivity contribution in [1.29, 1.82) is 0 Å². The predicted octanol–water partition coefficient (Wildman–Crippen LogP) is 4.25. The molecule has 1 aromatic carbocycles. The van der Waals surface area contributed by atoms with Crippen LogP contribution in [0.15, 0.2) is 34.9 Å². The third kappa shape index (κ3) is 2.62. The van der Waals surface area contributed by atoms with Gasteiger partial charge in [0.1, 0.15) is 5.82 Å². The monoisotopic (exact) mass is 333 g/mol. The van der Waals surface area contributed by atoms with E-state index in [1.165, 1.54) is 11.1 Å². The summed E-state index contributed by atoms with van der Waals surface area (Å²) in [6, 6.07) is 9.37. The van der Waals surface area contributed by atoms with Crippen molar-refractivity contribution in [2.24, 2.45) is 5.92 Å². The molecule has 1 aromatic heterocycles. The maximum Gasteiger partial charge on any atom is 0.139 e. The van der Waals surface area contributed by atoms with Crippen LogP contribution in [0.1, 0.15) is 37.4 Å². The van der Waals surface area contributed by atoms with Crippen LogP contribution in [0.25, 0.3) is 0 Å². The van der Waals surface area contributed by atoms with Gasteiger partial charge in [-0.2, -0.15) is 5.10 Å². The largest absolute Gasteiger partial charge is 0.369 e. The lowest BCUT2D eigenvalue weighted by Crippen LogP contribution is -2.24. The van der Waals surface area contributed by atoms with E-state index in [0.29, 0.717) is 12.0 Å². The Kier molecular flexibility index (Phi) is 3.83. The number of hydrogen-bond donors (Lipinski definition) is 1. The zero-order chi connectivity index (χ0) is 14.1. The fraction of sp³-hybridized carbons (Fsp3) is 0.438. The van der Waals surface area contributed by atoms with Crippen molar-refractivity contribution in [2.75, 3.05) is 11.9 Å². The van der Waals surface area contributed by atoms with Crippen LogP contribution in [0, 0.1) is 5.92 Å². The van der Waals surface area contributed by atoms with E-state index in [-0.39, 0.29) is 0 Å². The van der Waals surface area contributed by atoms with Gasteiger partial charge in [0, 0.05) is 6.54 Å². The van der Waals surface area contributed by atoms with Crippen LogP contribution in [0.5, 0.6) is 0 Å². The molecule has 20 heavy (non-hydrogen) atoms. The van der Waals surface area contributed by atoms with Crippen LogP contribution in [0.3, 0.4) is 0 Å². The number of fused-ring (bicyclic) bond motifs is 1. The van der Waals surface area contributed by atoms with E-state index in [1.54, 1.807) is 0 Å². The van der Waals surface area contributed by atoms with E-state index >= 15 is 0 Å². The Hall–Kier alpha value is -1.29. The molecule has 0 radical (unpaired) electrons. The molecule has 2 aromatic rings. The predicted molar refractivity (Wildman–Crippen MR) is 86.2 cm³/mol. The number of nitrogens with zero attached hydrogens (tertiary/aromatic N) is 2. The van der Waals surface area contributed by atoms with Gasteiger partial charge in [-0.25, -0.2) is 4.68 Å². The second-order valence-electron chi connectivity index (χ2n) is 5.86. The minimum absolute atomic E-state index is 0.339. The van der Waals surface area contributed by atoms with Crippen molar-refractivity contribution >= 4 is 21.7 Å². The molecule has 0 spiro atoms. The lowest BCUT2D eigenvalue weighted by molar-refractivity contribution is 0.481. The van der Waals surface area contributed by atoms with Gasteiger partial charge in [-0.05, 0) is 45.8 Å². The second-order valence-corrected chi connectivity index (χ2v) is 6.71. The van der Waals surface area contributed by atoms with Crippen molar-refractivity contribution < 1.29 is 0 Å². The second kappa shape index (κ2) is 5.60. The minimum Gasteiger partial charge on any atom is -0.369 e. The first-order valence-electron chi connectivity index (χ1n) is 7.21. The Balaban J connectivity index is 1.87. The summed E-state index contributed by atoms with van der Waals surface area (Å²) in [5.74, 6) is 1.79. The van der Waals surface area contributed by atoms with E-state index in [0.717, 1.165) is 29.7 Å². The topological polar surface area (TPSA) is 29.9 Å². The highest BCUT2D eigenvalue weighted by molar-refractivity contribution is 9.10. The van der Waals surface area contributed by atoms with E-state index in [2.05, 4.69) is 69.1 Å². The van der Waals surface area contributed by atoms with Crippen LogP contribution >= 0.6 is 15.9 Å². The summed E-state index contributed by atoms with van der Waals surface area (Å²) in [7, 11) is 0. The molecule has 1 atom stereocenters. The molecule has 0 saturated heterocycles. The number of rotatable bonds is 3. The molecule has 1 N–H and O–H groups in total. The van der Waals surface area contributed by atoms with Gasteiger partial charge in [-0.1, -0.05) is 38.1 Å². The first-order chi connectivity index (χ1) is 9.65. The Morgan fingerprint density at radius 2 is 2.10 bits per heavy atom. The number of anilines is 1. The SMILES string of the molecule is CC(C)Cc1ccc(C2CCNc3c(Br)cnn32)cc1. The number of hydrogen-bond acceptors (Lipinski definition) is 2. The Morgan fingerprint density at radius 3 is 2.80 bits per heavy atom. The molecule has 0 aliphatic carbocycles. The summed E-state index contributed by atoms with van der Waals surface area (Å²) >= 11 is 3.54. The molecule has 0 bridgehead atoms. The van der Waals surface area contributed by atoms with Crippen LogP contribution in [-0.2, 0) is 6.42 Å². The highest BCUT2D eigenvalue weighted by atomic mass is 79.9. The van der Waals surface area contributed by atoms with Crippen molar-refractivity contribution in [1.82, 2.24) is 9.78 Å². The summed E-state index contributed by atoms with van der Waals surface area (Å²) in [5, 5.41) is 7.89. The third-order valence-electron chi connectivity index (χ3n) is 3.76. The van der Waals surface area contributed by atoms with Crippen molar-refractivity contribution in [3.63, 3.8) is 0 Å². The molecule has 1 aliphatic rings.